The van der Waals surface area contributed by atoms with Gasteiger partial charge in [-0.2, -0.15) is 0 Å². The van der Waals surface area contributed by atoms with Crippen LogP contribution in [0.5, 0.6) is 0 Å². The molecular weight excluding hydrogens is 120 g/mol. The van der Waals surface area contributed by atoms with Crippen LogP contribution in [0.4, 0.5) is 0 Å². The number of hydrogen-bond acceptors (Lipinski definition) is 1. The van der Waals surface area contributed by atoms with E-state index in [1.807, 2.05) is 18.8 Å². The van der Waals surface area contributed by atoms with Gasteiger partial charge in [-0.1, -0.05) is 0 Å². The first-order chi connectivity index (χ1) is 3.06. The molecule has 1 nitrogen and oxygen atoms in total. The second-order valence-electron chi connectivity index (χ2n) is 2.31. The average Bonchev–Trinajstić information content (AvgIpc) is 1.30. The molecule has 0 fully saturated rings. The molecule has 0 aromatic rings. The molecule has 0 aromatic carbocycles. The highest BCUT2D eigenvalue weighted by Gasteiger charge is 2.12. The summed E-state index contributed by atoms with van der Waals surface area (Å²) >= 11 is 0. The lowest BCUT2D eigenvalue weighted by atomic mass is 11.3. The van der Waals surface area contributed by atoms with Gasteiger partial charge < -0.3 is 4.80 Å². The third-order valence-corrected chi connectivity index (χ3v) is 5.79. The molecule has 0 rings (SSSR count). The molecular formula is C4H12OSi2. The van der Waals surface area contributed by atoms with E-state index in [4.69, 9.17) is 4.80 Å². The Morgan fingerprint density at radius 3 is 2.14 bits per heavy atom. The summed E-state index contributed by atoms with van der Waals surface area (Å²) in [6.07, 6.45) is 0. The number of hydrogen-bond donors (Lipinski definition) is 1. The highest BCUT2D eigenvalue weighted by Crippen LogP contribution is 1.90. The van der Waals surface area contributed by atoms with Crippen LogP contribution in [0.15, 0.2) is 12.3 Å². The summed E-state index contributed by atoms with van der Waals surface area (Å²) < 4.78 is 0. The second kappa shape index (κ2) is 2.44. The van der Waals surface area contributed by atoms with Gasteiger partial charge in [0.15, 0.2) is 7.83 Å². The van der Waals surface area contributed by atoms with Crippen molar-refractivity contribution >= 4 is 16.9 Å². The normalized spacial score (nSPS) is 13.0. The zero-order valence-corrected chi connectivity index (χ0v) is 7.35. The van der Waals surface area contributed by atoms with Crippen LogP contribution in [0.1, 0.15) is 0 Å². The zero-order valence-electron chi connectivity index (χ0n) is 4.94. The maximum absolute atomic E-state index is 9.15. The fraction of sp³-hybridized carbons (Fsp3) is 0.500. The molecule has 0 atom stereocenters. The molecule has 0 saturated carbocycles. The van der Waals surface area contributed by atoms with Crippen molar-refractivity contribution in [3.63, 3.8) is 0 Å². The molecule has 0 saturated heterocycles. The summed E-state index contributed by atoms with van der Waals surface area (Å²) in [4.78, 5) is 9.15. The maximum Gasteiger partial charge on any atom is 0.167 e. The van der Waals surface area contributed by atoms with E-state index in [9.17, 15) is 0 Å². The fourth-order valence-corrected chi connectivity index (χ4v) is 3.18. The van der Waals surface area contributed by atoms with Crippen LogP contribution in [0.3, 0.4) is 0 Å². The molecule has 3 heteroatoms. The van der Waals surface area contributed by atoms with Crippen molar-refractivity contribution in [2.24, 2.45) is 0 Å². The van der Waals surface area contributed by atoms with Crippen molar-refractivity contribution in [2.75, 3.05) is 0 Å². The molecule has 0 bridgehead atoms. The Labute approximate surface area is 47.8 Å². The molecule has 0 aliphatic carbocycles. The first-order valence-electron chi connectivity index (χ1n) is 2.39. The third kappa shape index (κ3) is 6.13. The van der Waals surface area contributed by atoms with E-state index in [2.05, 4.69) is 6.58 Å². The Morgan fingerprint density at radius 1 is 1.71 bits per heavy atom. The molecule has 7 heavy (non-hydrogen) atoms. The van der Waals surface area contributed by atoms with Crippen molar-refractivity contribution in [3.05, 3.63) is 12.3 Å². The fourth-order valence-electron chi connectivity index (χ4n) is 0.353. The van der Waals surface area contributed by atoms with Gasteiger partial charge in [-0.15, -0.1) is 12.3 Å². The highest BCUT2D eigenvalue weighted by molar-refractivity contribution is 7.21. The number of rotatable bonds is 2. The average molecular weight is 132 g/mol. The summed E-state index contributed by atoms with van der Waals surface area (Å²) in [6.45, 7) is 7.50. The topological polar surface area (TPSA) is 20.2 Å². The first-order valence-corrected chi connectivity index (χ1v) is 8.49. The Bertz CT molecular complexity index is 64.6. The van der Waals surface area contributed by atoms with Gasteiger partial charge in [-0.25, -0.2) is 0 Å². The van der Waals surface area contributed by atoms with Crippen LogP contribution in [-0.4, -0.2) is 21.7 Å². The first kappa shape index (κ1) is 7.13. The standard InChI is InChI=1S/C4H12OSi2/c1-4-6-7(2,3)5/h4-5H,1,6H2,2-3H3. The summed E-state index contributed by atoms with van der Waals surface area (Å²) in [5.41, 5.74) is 1.91. The van der Waals surface area contributed by atoms with E-state index in [1.165, 1.54) is 0 Å². The van der Waals surface area contributed by atoms with Crippen LogP contribution in [0, 0.1) is 0 Å². The minimum Gasteiger partial charge on any atom is -0.435 e. The van der Waals surface area contributed by atoms with E-state index in [-0.39, 0.29) is 9.04 Å². The van der Waals surface area contributed by atoms with E-state index in [0.29, 0.717) is 0 Å². The van der Waals surface area contributed by atoms with Gasteiger partial charge in [0.1, 0.15) is 0 Å². The van der Waals surface area contributed by atoms with Crippen LogP contribution in [0.2, 0.25) is 13.1 Å². The molecule has 0 unspecified atom stereocenters. The molecule has 0 amide bonds. The monoisotopic (exact) mass is 132 g/mol. The van der Waals surface area contributed by atoms with Gasteiger partial charge in [0, 0.05) is 0 Å². The predicted molar refractivity (Wildman–Crippen MR) is 38.4 cm³/mol. The van der Waals surface area contributed by atoms with Crippen LogP contribution < -0.4 is 0 Å². The van der Waals surface area contributed by atoms with E-state index < -0.39 is 7.83 Å². The molecule has 0 aliphatic heterocycles. The van der Waals surface area contributed by atoms with Crippen molar-refractivity contribution in [3.8, 4) is 0 Å². The van der Waals surface area contributed by atoms with Crippen molar-refractivity contribution in [1.82, 2.24) is 0 Å². The van der Waals surface area contributed by atoms with Crippen LogP contribution in [-0.2, 0) is 0 Å². The molecule has 1 N–H and O–H groups in total. The molecule has 0 heterocycles. The summed E-state index contributed by atoms with van der Waals surface area (Å²) in [5, 5.41) is 0. The molecule has 0 aromatic heterocycles. The lowest BCUT2D eigenvalue weighted by Crippen LogP contribution is -2.32. The predicted octanol–water partition coefficient (Wildman–Crippen LogP) is -0.00720. The van der Waals surface area contributed by atoms with Gasteiger partial charge in [0.25, 0.3) is 0 Å². The van der Waals surface area contributed by atoms with Gasteiger partial charge in [0.05, 0.1) is 9.04 Å². The summed E-state index contributed by atoms with van der Waals surface area (Å²) in [5.74, 6) is 0. The Hall–Kier alpha value is 0.134. The third-order valence-electron chi connectivity index (χ3n) is 0.644. The molecule has 0 aliphatic rings. The Balaban J connectivity index is 3.34. The zero-order chi connectivity index (χ0) is 5.91. The molecule has 0 spiro atoms. The van der Waals surface area contributed by atoms with Gasteiger partial charge in [-0.05, 0) is 13.1 Å². The van der Waals surface area contributed by atoms with E-state index in [0.717, 1.165) is 0 Å². The van der Waals surface area contributed by atoms with Crippen molar-refractivity contribution in [1.29, 1.82) is 0 Å². The molecule has 42 valence electrons. The van der Waals surface area contributed by atoms with Gasteiger partial charge in [0.2, 0.25) is 0 Å². The Kier molecular flexibility index (Phi) is 2.49. The van der Waals surface area contributed by atoms with E-state index in [1.54, 1.807) is 0 Å². The summed E-state index contributed by atoms with van der Waals surface area (Å²) in [6, 6.07) is 0. The minimum atomic E-state index is -1.64. The van der Waals surface area contributed by atoms with Crippen LogP contribution in [0.25, 0.3) is 0 Å². The lowest BCUT2D eigenvalue weighted by Gasteiger charge is -2.07. The highest BCUT2D eigenvalue weighted by atomic mass is 29.2. The second-order valence-corrected chi connectivity index (χ2v) is 13.3. The largest absolute Gasteiger partial charge is 0.435 e. The van der Waals surface area contributed by atoms with Gasteiger partial charge >= 0.3 is 0 Å². The molecule has 0 radical (unpaired) electrons. The van der Waals surface area contributed by atoms with E-state index >= 15 is 0 Å². The summed E-state index contributed by atoms with van der Waals surface area (Å²) in [7, 11) is -1.92. The van der Waals surface area contributed by atoms with Gasteiger partial charge in [-0.3, -0.25) is 0 Å². The quantitative estimate of drug-likeness (QED) is 0.524. The maximum atomic E-state index is 9.15. The SMILES string of the molecule is C=C[SiH2][Si](C)(C)O. The minimum absolute atomic E-state index is 0.282. The smallest absolute Gasteiger partial charge is 0.167 e. The van der Waals surface area contributed by atoms with Crippen molar-refractivity contribution in [2.45, 2.75) is 13.1 Å². The van der Waals surface area contributed by atoms with Crippen molar-refractivity contribution < 1.29 is 4.80 Å². The lowest BCUT2D eigenvalue weighted by molar-refractivity contribution is 0.576. The Morgan fingerprint density at radius 2 is 2.14 bits per heavy atom. The van der Waals surface area contributed by atoms with Crippen LogP contribution >= 0.6 is 0 Å².